The minimum Gasteiger partial charge on any atom is -0.379 e. The molecule has 2 fully saturated rings. The molecule has 0 N–H and O–H groups in total. The van der Waals surface area contributed by atoms with Gasteiger partial charge in [0.05, 0.1) is 5.22 Å². The zero-order valence-electron chi connectivity index (χ0n) is 8.61. The van der Waals surface area contributed by atoms with Crippen molar-refractivity contribution in [2.24, 2.45) is 11.8 Å². The fraction of sp³-hybridized carbons (Fsp3) is 0.900. The summed E-state index contributed by atoms with van der Waals surface area (Å²) in [5, 5.41) is 0.00116. The van der Waals surface area contributed by atoms with Gasteiger partial charge in [-0.2, -0.15) is 0 Å². The van der Waals surface area contributed by atoms with E-state index in [1.807, 2.05) is 0 Å². The van der Waals surface area contributed by atoms with Crippen molar-refractivity contribution in [3.8, 4) is 0 Å². The van der Waals surface area contributed by atoms with Gasteiger partial charge >= 0.3 is 0 Å². The quantitative estimate of drug-likeness (QED) is 0.515. The van der Waals surface area contributed by atoms with E-state index in [0.29, 0.717) is 5.92 Å². The summed E-state index contributed by atoms with van der Waals surface area (Å²) in [7, 11) is 1.01. The van der Waals surface area contributed by atoms with Crippen LogP contribution >= 0.6 is 0 Å². The van der Waals surface area contributed by atoms with Crippen molar-refractivity contribution in [3.63, 3.8) is 0 Å². The number of rotatable bonds is 3. The van der Waals surface area contributed by atoms with Gasteiger partial charge in [0.1, 0.15) is 6.29 Å². The first-order chi connectivity index (χ1) is 6.26. The molecule has 1 aliphatic heterocycles. The summed E-state index contributed by atoms with van der Waals surface area (Å²) >= 11 is 0. The first kappa shape index (κ1) is 12.6. The van der Waals surface area contributed by atoms with Crippen LogP contribution in [-0.2, 0) is 30.6 Å². The monoisotopic (exact) mass is 393 g/mol. The van der Waals surface area contributed by atoms with Crippen molar-refractivity contribution in [3.05, 3.63) is 0 Å². The molecule has 1 aliphatic carbocycles. The first-order valence-corrected chi connectivity index (χ1v) is 6.35. The van der Waals surface area contributed by atoms with Gasteiger partial charge < -0.3 is 9.53 Å². The van der Waals surface area contributed by atoms with Gasteiger partial charge in [-0.3, -0.25) is 0 Å². The molecule has 4 heteroatoms. The van der Waals surface area contributed by atoms with Crippen molar-refractivity contribution in [1.82, 2.24) is 0 Å². The van der Waals surface area contributed by atoms with Gasteiger partial charge in [-0.25, -0.2) is 0 Å². The van der Waals surface area contributed by atoms with Crippen LogP contribution in [0.5, 0.6) is 0 Å². The zero-order chi connectivity index (χ0) is 9.31. The van der Waals surface area contributed by atoms with Gasteiger partial charge in [0, 0.05) is 43.8 Å². The standard InChI is InChI=1S/C10H18O2Si.Pt/c11-7-9(8-3-4-8)10(13)5-1-2-6-12-10;/h7-9H,1-6H2,13H3;. The molecule has 0 aromatic heterocycles. The van der Waals surface area contributed by atoms with Crippen molar-refractivity contribution in [1.29, 1.82) is 0 Å². The van der Waals surface area contributed by atoms with Gasteiger partial charge in [-0.1, -0.05) is 0 Å². The van der Waals surface area contributed by atoms with E-state index in [4.69, 9.17) is 4.74 Å². The molecule has 84 valence electrons. The molecule has 14 heavy (non-hydrogen) atoms. The Morgan fingerprint density at radius 2 is 2.14 bits per heavy atom. The van der Waals surface area contributed by atoms with Crippen LogP contribution in [0.15, 0.2) is 0 Å². The third kappa shape index (κ3) is 2.56. The van der Waals surface area contributed by atoms with E-state index in [9.17, 15) is 4.79 Å². The Kier molecular flexibility index (Phi) is 4.54. The van der Waals surface area contributed by atoms with Crippen LogP contribution in [0.3, 0.4) is 0 Å². The number of aldehydes is 1. The third-order valence-electron chi connectivity index (χ3n) is 3.48. The molecule has 2 nitrogen and oxygen atoms in total. The summed E-state index contributed by atoms with van der Waals surface area (Å²) in [5.41, 5.74) is 0. The Balaban J connectivity index is 0.000000980. The van der Waals surface area contributed by atoms with Crippen molar-refractivity contribution in [2.45, 2.75) is 37.3 Å². The summed E-state index contributed by atoms with van der Waals surface area (Å²) in [6.45, 7) is 0.876. The molecule has 0 spiro atoms. The fourth-order valence-electron chi connectivity index (χ4n) is 2.43. The normalized spacial score (nSPS) is 34.6. The fourth-order valence-corrected chi connectivity index (χ4v) is 3.59. The van der Waals surface area contributed by atoms with E-state index >= 15 is 0 Å². The molecule has 1 saturated carbocycles. The number of carbonyl (C=O) groups excluding carboxylic acids is 1. The molecule has 0 radical (unpaired) electrons. The van der Waals surface area contributed by atoms with Gasteiger partial charge in [0.2, 0.25) is 0 Å². The van der Waals surface area contributed by atoms with E-state index in [2.05, 4.69) is 0 Å². The Morgan fingerprint density at radius 1 is 1.43 bits per heavy atom. The molecule has 0 aromatic carbocycles. The molecule has 2 rings (SSSR count). The minimum absolute atomic E-state index is 0. The largest absolute Gasteiger partial charge is 0.379 e. The number of ether oxygens (including phenoxy) is 1. The maximum atomic E-state index is 11.0. The maximum Gasteiger partial charge on any atom is 0.125 e. The summed E-state index contributed by atoms with van der Waals surface area (Å²) < 4.78 is 5.85. The van der Waals surface area contributed by atoms with Crippen LogP contribution in [0.4, 0.5) is 0 Å². The summed E-state index contributed by atoms with van der Waals surface area (Å²) in [6, 6.07) is 0. The van der Waals surface area contributed by atoms with Crippen molar-refractivity contribution < 1.29 is 30.6 Å². The second kappa shape index (κ2) is 5.04. The number of hydrogen-bond acceptors (Lipinski definition) is 2. The Bertz CT molecular complexity index is 200. The Labute approximate surface area is 103 Å². The zero-order valence-corrected chi connectivity index (χ0v) is 12.9. The van der Waals surface area contributed by atoms with Crippen LogP contribution < -0.4 is 0 Å². The third-order valence-corrected chi connectivity index (χ3v) is 4.94. The first-order valence-electron chi connectivity index (χ1n) is 5.35. The molecule has 2 unspecified atom stereocenters. The second-order valence-electron chi connectivity index (χ2n) is 4.62. The smallest absolute Gasteiger partial charge is 0.125 e. The topological polar surface area (TPSA) is 26.3 Å². The number of hydrogen-bond donors (Lipinski definition) is 0. The van der Waals surface area contributed by atoms with E-state index in [1.165, 1.54) is 25.7 Å². The predicted molar refractivity (Wildman–Crippen MR) is 54.8 cm³/mol. The molecule has 0 amide bonds. The van der Waals surface area contributed by atoms with Gasteiger partial charge in [0.15, 0.2) is 0 Å². The second-order valence-corrected chi connectivity index (χ2v) is 6.31. The van der Waals surface area contributed by atoms with Gasteiger partial charge in [-0.05, 0) is 38.0 Å². The molecule has 2 aliphatic rings. The van der Waals surface area contributed by atoms with Crippen molar-refractivity contribution in [2.75, 3.05) is 6.61 Å². The summed E-state index contributed by atoms with van der Waals surface area (Å²) in [6.07, 6.45) is 7.21. The molecule has 2 atom stereocenters. The van der Waals surface area contributed by atoms with Crippen LogP contribution in [0.1, 0.15) is 32.1 Å². The molecule has 1 saturated heterocycles. The summed E-state index contributed by atoms with van der Waals surface area (Å²) in [4.78, 5) is 11.0. The summed E-state index contributed by atoms with van der Waals surface area (Å²) in [5.74, 6) is 0.882. The van der Waals surface area contributed by atoms with Crippen LogP contribution in [0, 0.1) is 11.8 Å². The van der Waals surface area contributed by atoms with Crippen molar-refractivity contribution >= 4 is 16.5 Å². The Hall–Kier alpha value is 0.535. The van der Waals surface area contributed by atoms with Gasteiger partial charge in [-0.15, -0.1) is 0 Å². The molecule has 1 heterocycles. The van der Waals surface area contributed by atoms with Crippen LogP contribution in [0.2, 0.25) is 0 Å². The average molecular weight is 393 g/mol. The maximum absolute atomic E-state index is 11.0. The van der Waals surface area contributed by atoms with Crippen LogP contribution in [-0.4, -0.2) is 28.4 Å². The van der Waals surface area contributed by atoms with E-state index in [-0.39, 0.29) is 32.2 Å². The Morgan fingerprint density at radius 3 is 2.57 bits per heavy atom. The molecular formula is C10H18O2PtSi. The predicted octanol–water partition coefficient (Wildman–Crippen LogP) is 0.471. The number of carbonyl (C=O) groups is 1. The van der Waals surface area contributed by atoms with Gasteiger partial charge in [0.25, 0.3) is 0 Å². The molecular weight excluding hydrogens is 375 g/mol. The van der Waals surface area contributed by atoms with E-state index in [0.717, 1.165) is 29.6 Å². The van der Waals surface area contributed by atoms with E-state index in [1.54, 1.807) is 0 Å². The SMILES string of the molecule is O=CC(C1CC1)C1([SiH3])CCCCO1.[Pt]. The van der Waals surface area contributed by atoms with E-state index < -0.39 is 0 Å². The molecule has 0 bridgehead atoms. The van der Waals surface area contributed by atoms with Crippen LogP contribution in [0.25, 0.3) is 0 Å². The average Bonchev–Trinajstić information content (AvgIpc) is 2.90. The molecule has 0 aromatic rings. The minimum atomic E-state index is 0.